The molecule has 2 atom stereocenters. The van der Waals surface area contributed by atoms with E-state index in [9.17, 15) is 9.90 Å². The van der Waals surface area contributed by atoms with E-state index in [0.717, 1.165) is 11.3 Å². The smallest absolute Gasteiger partial charge is 0.227 e. The monoisotopic (exact) mass is 357 g/mol. The van der Waals surface area contributed by atoms with E-state index in [0.29, 0.717) is 31.0 Å². The summed E-state index contributed by atoms with van der Waals surface area (Å²) in [6.45, 7) is 0.845. The zero-order valence-electron chi connectivity index (χ0n) is 15.0. The maximum absolute atomic E-state index is 12.7. The number of ether oxygens (including phenoxy) is 2. The fraction of sp³-hybridized carbons (Fsp3) is 0.421. The van der Waals surface area contributed by atoms with Gasteiger partial charge in [-0.25, -0.2) is 0 Å². The molecule has 1 aromatic heterocycles. The highest BCUT2D eigenvalue weighted by atomic mass is 16.5. The van der Waals surface area contributed by atoms with Crippen molar-refractivity contribution in [2.45, 2.75) is 18.9 Å². The fourth-order valence-corrected chi connectivity index (χ4v) is 3.24. The molecule has 0 unspecified atom stereocenters. The predicted octanol–water partition coefficient (Wildman–Crippen LogP) is 1.10. The second-order valence-corrected chi connectivity index (χ2v) is 6.38. The SMILES string of the molecule is COc1ccc(CC(=O)N2C[C@@H](Cc3cnccn3)[C@H](O)C2)c(OC)c1. The van der Waals surface area contributed by atoms with E-state index in [4.69, 9.17) is 9.47 Å². The van der Waals surface area contributed by atoms with Crippen LogP contribution in [-0.2, 0) is 17.6 Å². The van der Waals surface area contributed by atoms with E-state index in [1.165, 1.54) is 0 Å². The second kappa shape index (κ2) is 8.14. The molecule has 7 nitrogen and oxygen atoms in total. The highest BCUT2D eigenvalue weighted by molar-refractivity contribution is 5.80. The maximum atomic E-state index is 12.7. The van der Waals surface area contributed by atoms with Gasteiger partial charge in [-0.3, -0.25) is 14.8 Å². The van der Waals surface area contributed by atoms with Gasteiger partial charge < -0.3 is 19.5 Å². The molecule has 3 rings (SSSR count). The Labute approximate surface area is 152 Å². The van der Waals surface area contributed by atoms with Crippen LogP contribution in [0.4, 0.5) is 0 Å². The van der Waals surface area contributed by atoms with Crippen LogP contribution in [0.15, 0.2) is 36.8 Å². The lowest BCUT2D eigenvalue weighted by molar-refractivity contribution is -0.129. The Morgan fingerprint density at radius 2 is 2.12 bits per heavy atom. The average Bonchev–Trinajstić information content (AvgIpc) is 3.03. The van der Waals surface area contributed by atoms with Crippen LogP contribution in [0.5, 0.6) is 11.5 Å². The van der Waals surface area contributed by atoms with Gasteiger partial charge in [-0.2, -0.15) is 0 Å². The van der Waals surface area contributed by atoms with E-state index in [2.05, 4.69) is 9.97 Å². The van der Waals surface area contributed by atoms with Gasteiger partial charge in [0.2, 0.25) is 5.91 Å². The van der Waals surface area contributed by atoms with E-state index in [-0.39, 0.29) is 18.2 Å². The van der Waals surface area contributed by atoms with Gasteiger partial charge >= 0.3 is 0 Å². The molecular formula is C19H23N3O4. The molecule has 1 amide bonds. The van der Waals surface area contributed by atoms with Crippen molar-refractivity contribution >= 4 is 5.91 Å². The molecule has 0 spiro atoms. The highest BCUT2D eigenvalue weighted by Crippen LogP contribution is 2.27. The number of aliphatic hydroxyl groups excluding tert-OH is 1. The summed E-state index contributed by atoms with van der Waals surface area (Å²) in [6, 6.07) is 5.40. The molecule has 0 bridgehead atoms. The minimum Gasteiger partial charge on any atom is -0.497 e. The summed E-state index contributed by atoms with van der Waals surface area (Å²) in [5.74, 6) is 1.23. The number of nitrogens with zero attached hydrogens (tertiary/aromatic N) is 3. The molecule has 1 fully saturated rings. The Morgan fingerprint density at radius 1 is 1.27 bits per heavy atom. The van der Waals surface area contributed by atoms with Crippen molar-refractivity contribution in [1.29, 1.82) is 0 Å². The average molecular weight is 357 g/mol. The van der Waals surface area contributed by atoms with Crippen LogP contribution in [0, 0.1) is 5.92 Å². The van der Waals surface area contributed by atoms with Crippen LogP contribution in [0.1, 0.15) is 11.3 Å². The molecule has 1 aromatic carbocycles. The van der Waals surface area contributed by atoms with Gasteiger partial charge in [-0.1, -0.05) is 6.07 Å². The molecule has 1 aliphatic rings. The Morgan fingerprint density at radius 3 is 2.81 bits per heavy atom. The lowest BCUT2D eigenvalue weighted by Crippen LogP contribution is -2.31. The van der Waals surface area contributed by atoms with Gasteiger partial charge in [0.05, 0.1) is 32.4 Å². The van der Waals surface area contributed by atoms with Gasteiger partial charge in [-0.15, -0.1) is 0 Å². The Bertz CT molecular complexity index is 754. The van der Waals surface area contributed by atoms with E-state index in [1.54, 1.807) is 49.8 Å². The fourth-order valence-electron chi connectivity index (χ4n) is 3.24. The first-order valence-electron chi connectivity index (χ1n) is 8.52. The third-order valence-corrected chi connectivity index (χ3v) is 4.68. The molecule has 2 heterocycles. The third-order valence-electron chi connectivity index (χ3n) is 4.68. The summed E-state index contributed by atoms with van der Waals surface area (Å²) in [6.07, 6.45) is 5.21. The standard InChI is InChI=1S/C19H23N3O4/c1-25-16-4-3-13(18(9-16)26-2)8-19(24)22-11-14(17(23)12-22)7-15-10-20-5-6-21-15/h3-6,9-10,14,17,23H,7-8,11-12H2,1-2H3/t14-,17-/m1/s1. The third kappa shape index (κ3) is 4.11. The number of aliphatic hydroxyl groups is 1. The van der Waals surface area contributed by atoms with Gasteiger partial charge in [0.25, 0.3) is 0 Å². The number of rotatable bonds is 6. The molecule has 0 aliphatic carbocycles. The number of aromatic nitrogens is 2. The molecule has 1 N–H and O–H groups in total. The van der Waals surface area contributed by atoms with Crippen molar-refractivity contribution in [1.82, 2.24) is 14.9 Å². The first-order chi connectivity index (χ1) is 12.6. The number of amides is 1. The van der Waals surface area contributed by atoms with Crippen molar-refractivity contribution in [3.05, 3.63) is 48.0 Å². The summed E-state index contributed by atoms with van der Waals surface area (Å²) in [4.78, 5) is 22.7. The van der Waals surface area contributed by atoms with Gasteiger partial charge in [0.15, 0.2) is 0 Å². The van der Waals surface area contributed by atoms with Crippen LogP contribution >= 0.6 is 0 Å². The maximum Gasteiger partial charge on any atom is 0.227 e. The topological polar surface area (TPSA) is 84.8 Å². The molecule has 138 valence electrons. The van der Waals surface area contributed by atoms with E-state index < -0.39 is 6.10 Å². The molecule has 0 saturated carbocycles. The van der Waals surface area contributed by atoms with Gasteiger partial charge in [-0.05, 0) is 12.5 Å². The van der Waals surface area contributed by atoms with Crippen LogP contribution < -0.4 is 9.47 Å². The molecule has 1 aliphatic heterocycles. The normalized spacial score (nSPS) is 19.4. The van der Waals surface area contributed by atoms with E-state index in [1.807, 2.05) is 6.07 Å². The van der Waals surface area contributed by atoms with Crippen molar-refractivity contribution in [3.63, 3.8) is 0 Å². The van der Waals surface area contributed by atoms with E-state index >= 15 is 0 Å². The predicted molar refractivity (Wildman–Crippen MR) is 95.1 cm³/mol. The number of carbonyl (C=O) groups is 1. The molecule has 7 heteroatoms. The van der Waals surface area contributed by atoms with Crippen LogP contribution in [0.3, 0.4) is 0 Å². The number of hydrogen-bond donors (Lipinski definition) is 1. The number of hydrogen-bond acceptors (Lipinski definition) is 6. The number of benzene rings is 1. The lowest BCUT2D eigenvalue weighted by Gasteiger charge is -2.17. The quantitative estimate of drug-likeness (QED) is 0.833. The number of carbonyl (C=O) groups excluding carboxylic acids is 1. The number of likely N-dealkylation sites (tertiary alicyclic amines) is 1. The molecule has 26 heavy (non-hydrogen) atoms. The minimum absolute atomic E-state index is 0.0332. The van der Waals surface area contributed by atoms with Crippen molar-refractivity contribution in [2.75, 3.05) is 27.3 Å². The summed E-state index contributed by atoms with van der Waals surface area (Å²) in [5.41, 5.74) is 1.62. The lowest BCUT2D eigenvalue weighted by atomic mass is 10.0. The Balaban J connectivity index is 1.64. The van der Waals surface area contributed by atoms with Gasteiger partial charge in [0.1, 0.15) is 11.5 Å². The Kier molecular flexibility index (Phi) is 5.68. The highest BCUT2D eigenvalue weighted by Gasteiger charge is 2.34. The van der Waals surface area contributed by atoms with Crippen molar-refractivity contribution < 1.29 is 19.4 Å². The number of methoxy groups -OCH3 is 2. The van der Waals surface area contributed by atoms with Crippen LogP contribution in [0.25, 0.3) is 0 Å². The van der Waals surface area contributed by atoms with Crippen LogP contribution in [0.2, 0.25) is 0 Å². The summed E-state index contributed by atoms with van der Waals surface area (Å²) < 4.78 is 10.5. The molecule has 2 aromatic rings. The molecule has 0 radical (unpaired) electrons. The van der Waals surface area contributed by atoms with Crippen molar-refractivity contribution in [2.24, 2.45) is 5.92 Å². The van der Waals surface area contributed by atoms with Crippen LogP contribution in [-0.4, -0.2) is 59.3 Å². The zero-order chi connectivity index (χ0) is 18.5. The second-order valence-electron chi connectivity index (χ2n) is 6.38. The first-order valence-corrected chi connectivity index (χ1v) is 8.52. The summed E-state index contributed by atoms with van der Waals surface area (Å²) >= 11 is 0. The molecular weight excluding hydrogens is 334 g/mol. The zero-order valence-corrected chi connectivity index (χ0v) is 15.0. The minimum atomic E-state index is -0.557. The largest absolute Gasteiger partial charge is 0.497 e. The Hall–Kier alpha value is -2.67. The van der Waals surface area contributed by atoms with Gasteiger partial charge in [0, 0.05) is 49.2 Å². The molecule has 1 saturated heterocycles. The summed E-state index contributed by atoms with van der Waals surface area (Å²) in [5, 5.41) is 10.3. The number of β-amino-alcohol motifs (C(OH)–C–C–N with tert-alkyl or cyclic N) is 1. The van der Waals surface area contributed by atoms with Crippen molar-refractivity contribution in [3.8, 4) is 11.5 Å². The first kappa shape index (κ1) is 18.1. The summed E-state index contributed by atoms with van der Waals surface area (Å²) in [7, 11) is 3.15.